The Hall–Kier alpha value is -1.54. The molecule has 0 saturated heterocycles. The standard InChI is InChI=1S/C9H8N4O2S2/c14-13(15)7-4-3-6(17-7)8-10-11-9(16)12(8)5-1-2-5/h3-5H,1-2H2,(H,11,16). The third-order valence-corrected chi connectivity index (χ3v) is 3.93. The van der Waals surface area contributed by atoms with Gasteiger partial charge in [0, 0.05) is 12.1 Å². The van der Waals surface area contributed by atoms with Crippen LogP contribution < -0.4 is 0 Å². The lowest BCUT2D eigenvalue weighted by atomic mass is 10.4. The Morgan fingerprint density at radius 3 is 2.94 bits per heavy atom. The zero-order valence-corrected chi connectivity index (χ0v) is 10.3. The molecule has 0 amide bonds. The summed E-state index contributed by atoms with van der Waals surface area (Å²) >= 11 is 6.28. The quantitative estimate of drug-likeness (QED) is 0.527. The summed E-state index contributed by atoms with van der Waals surface area (Å²) in [6.07, 6.45) is 2.18. The number of hydrogen-bond acceptors (Lipinski definition) is 5. The zero-order chi connectivity index (χ0) is 12.0. The number of rotatable bonds is 3. The lowest BCUT2D eigenvalue weighted by Gasteiger charge is -2.01. The third-order valence-electron chi connectivity index (χ3n) is 2.61. The normalized spacial score (nSPS) is 15.1. The molecule has 0 bridgehead atoms. The minimum absolute atomic E-state index is 0.122. The van der Waals surface area contributed by atoms with Crippen molar-refractivity contribution in [3.05, 3.63) is 27.0 Å². The molecule has 0 spiro atoms. The number of thiophene rings is 1. The topological polar surface area (TPSA) is 76.8 Å². The monoisotopic (exact) mass is 268 g/mol. The second kappa shape index (κ2) is 3.74. The van der Waals surface area contributed by atoms with Gasteiger partial charge in [0.15, 0.2) is 10.6 Å². The fourth-order valence-corrected chi connectivity index (χ4v) is 2.78. The highest BCUT2D eigenvalue weighted by Crippen LogP contribution is 2.40. The smallest absolute Gasteiger partial charge is 0.296 e. The van der Waals surface area contributed by atoms with Crippen LogP contribution in [0.1, 0.15) is 18.9 Å². The van der Waals surface area contributed by atoms with Gasteiger partial charge in [0.2, 0.25) is 0 Å². The average molecular weight is 268 g/mol. The van der Waals surface area contributed by atoms with E-state index in [0.29, 0.717) is 16.6 Å². The van der Waals surface area contributed by atoms with Gasteiger partial charge in [-0.1, -0.05) is 11.3 Å². The van der Waals surface area contributed by atoms with Crippen LogP contribution in [0.3, 0.4) is 0 Å². The average Bonchev–Trinajstić information content (AvgIpc) is 2.87. The highest BCUT2D eigenvalue weighted by atomic mass is 32.1. The van der Waals surface area contributed by atoms with Crippen LogP contribution in [0.5, 0.6) is 0 Å². The molecule has 1 N–H and O–H groups in total. The summed E-state index contributed by atoms with van der Waals surface area (Å²) in [5, 5.41) is 17.7. The first-order valence-corrected chi connectivity index (χ1v) is 6.31. The molecule has 8 heteroatoms. The van der Waals surface area contributed by atoms with Crippen LogP contribution in [0.25, 0.3) is 10.7 Å². The first-order chi connectivity index (χ1) is 8.16. The maximum atomic E-state index is 10.6. The number of nitrogens with one attached hydrogen (secondary N) is 1. The largest absolute Gasteiger partial charge is 0.324 e. The molecule has 1 saturated carbocycles. The number of nitrogens with zero attached hydrogens (tertiary/aromatic N) is 3. The second-order valence-electron chi connectivity index (χ2n) is 3.85. The van der Waals surface area contributed by atoms with Crippen LogP contribution >= 0.6 is 23.6 Å². The molecule has 1 fully saturated rings. The van der Waals surface area contributed by atoms with Crippen molar-refractivity contribution in [2.24, 2.45) is 0 Å². The minimum Gasteiger partial charge on any atom is -0.296 e. The zero-order valence-electron chi connectivity index (χ0n) is 8.62. The van der Waals surface area contributed by atoms with Crippen molar-refractivity contribution >= 4 is 28.6 Å². The molecular weight excluding hydrogens is 260 g/mol. The van der Waals surface area contributed by atoms with Crippen molar-refractivity contribution in [3.63, 3.8) is 0 Å². The van der Waals surface area contributed by atoms with Gasteiger partial charge in [-0.2, -0.15) is 5.10 Å². The summed E-state index contributed by atoms with van der Waals surface area (Å²) in [5.74, 6) is 0.704. The Bertz CT molecular complexity index is 637. The summed E-state index contributed by atoms with van der Waals surface area (Å²) in [4.78, 5) is 11.0. The summed E-state index contributed by atoms with van der Waals surface area (Å²) in [6.45, 7) is 0. The van der Waals surface area contributed by atoms with Crippen LogP contribution in [0.2, 0.25) is 0 Å². The third kappa shape index (κ3) is 1.79. The van der Waals surface area contributed by atoms with E-state index in [2.05, 4.69) is 10.2 Å². The highest BCUT2D eigenvalue weighted by molar-refractivity contribution is 7.71. The van der Waals surface area contributed by atoms with E-state index in [-0.39, 0.29) is 5.00 Å². The van der Waals surface area contributed by atoms with E-state index in [1.54, 1.807) is 6.07 Å². The molecule has 2 aromatic rings. The first kappa shape index (κ1) is 10.6. The van der Waals surface area contributed by atoms with Gasteiger partial charge < -0.3 is 0 Å². The summed E-state index contributed by atoms with van der Waals surface area (Å²) in [7, 11) is 0. The first-order valence-electron chi connectivity index (χ1n) is 5.08. The molecule has 0 atom stereocenters. The molecule has 1 aliphatic carbocycles. The Morgan fingerprint density at radius 1 is 1.59 bits per heavy atom. The molecule has 17 heavy (non-hydrogen) atoms. The van der Waals surface area contributed by atoms with E-state index >= 15 is 0 Å². The van der Waals surface area contributed by atoms with Gasteiger partial charge in [-0.15, -0.1) is 0 Å². The lowest BCUT2D eigenvalue weighted by molar-refractivity contribution is -0.380. The van der Waals surface area contributed by atoms with E-state index in [4.69, 9.17) is 12.2 Å². The second-order valence-corrected chi connectivity index (χ2v) is 5.30. The van der Waals surface area contributed by atoms with E-state index in [9.17, 15) is 10.1 Å². The van der Waals surface area contributed by atoms with E-state index in [0.717, 1.165) is 29.1 Å². The van der Waals surface area contributed by atoms with Crippen molar-refractivity contribution in [2.45, 2.75) is 18.9 Å². The Balaban J connectivity index is 2.08. The van der Waals surface area contributed by atoms with Crippen molar-refractivity contribution < 1.29 is 4.92 Å². The maximum Gasteiger partial charge on any atom is 0.324 e. The molecule has 2 aromatic heterocycles. The predicted molar refractivity (Wildman–Crippen MR) is 65.7 cm³/mol. The van der Waals surface area contributed by atoms with Gasteiger partial charge in [0.05, 0.1) is 9.80 Å². The van der Waals surface area contributed by atoms with Crippen molar-refractivity contribution in [2.75, 3.05) is 0 Å². The minimum atomic E-state index is -0.392. The predicted octanol–water partition coefficient (Wildman–Crippen LogP) is 2.91. The molecular formula is C9H8N4O2S2. The Morgan fingerprint density at radius 2 is 2.35 bits per heavy atom. The number of H-pyrrole nitrogens is 1. The summed E-state index contributed by atoms with van der Waals surface area (Å²) in [5.41, 5.74) is 0. The van der Waals surface area contributed by atoms with E-state index in [1.165, 1.54) is 6.07 Å². The number of aromatic nitrogens is 3. The SMILES string of the molecule is O=[N+]([O-])c1ccc(-c2n[nH]c(=S)n2C2CC2)s1. The molecule has 3 rings (SSSR count). The fourth-order valence-electron chi connectivity index (χ4n) is 1.70. The number of nitro groups is 1. The number of hydrogen-bond donors (Lipinski definition) is 1. The summed E-state index contributed by atoms with van der Waals surface area (Å²) < 4.78 is 2.53. The molecule has 0 radical (unpaired) electrons. The van der Waals surface area contributed by atoms with Crippen LogP contribution in [-0.4, -0.2) is 19.7 Å². The highest BCUT2D eigenvalue weighted by Gasteiger charge is 2.28. The van der Waals surface area contributed by atoms with Gasteiger partial charge in [-0.3, -0.25) is 19.8 Å². The molecule has 6 nitrogen and oxygen atoms in total. The van der Waals surface area contributed by atoms with E-state index in [1.807, 2.05) is 4.57 Å². The molecule has 0 aromatic carbocycles. The van der Waals surface area contributed by atoms with Crippen LogP contribution in [-0.2, 0) is 0 Å². The van der Waals surface area contributed by atoms with Crippen molar-refractivity contribution in [3.8, 4) is 10.7 Å². The molecule has 1 aliphatic rings. The molecule has 0 aliphatic heterocycles. The maximum absolute atomic E-state index is 10.6. The van der Waals surface area contributed by atoms with Crippen LogP contribution in [0.15, 0.2) is 12.1 Å². The fraction of sp³-hybridized carbons (Fsp3) is 0.333. The molecule has 88 valence electrons. The van der Waals surface area contributed by atoms with Gasteiger partial charge in [0.1, 0.15) is 0 Å². The lowest BCUT2D eigenvalue weighted by Crippen LogP contribution is -1.95. The Kier molecular flexibility index (Phi) is 2.33. The van der Waals surface area contributed by atoms with Crippen LogP contribution in [0.4, 0.5) is 5.00 Å². The van der Waals surface area contributed by atoms with Crippen LogP contribution in [0, 0.1) is 14.9 Å². The van der Waals surface area contributed by atoms with Gasteiger partial charge in [-0.25, -0.2) is 0 Å². The van der Waals surface area contributed by atoms with Gasteiger partial charge in [-0.05, 0) is 31.1 Å². The molecule has 0 unspecified atom stereocenters. The van der Waals surface area contributed by atoms with Gasteiger partial charge >= 0.3 is 5.00 Å². The summed E-state index contributed by atoms with van der Waals surface area (Å²) in [6, 6.07) is 3.61. The van der Waals surface area contributed by atoms with Crippen molar-refractivity contribution in [1.82, 2.24) is 14.8 Å². The van der Waals surface area contributed by atoms with Gasteiger partial charge in [0.25, 0.3) is 0 Å². The van der Waals surface area contributed by atoms with E-state index < -0.39 is 4.92 Å². The Labute approximate surface area is 105 Å². The number of aromatic amines is 1. The molecule has 2 heterocycles. The van der Waals surface area contributed by atoms with Crippen molar-refractivity contribution in [1.29, 1.82) is 0 Å².